The zero-order valence-electron chi connectivity index (χ0n) is 9.77. The summed E-state index contributed by atoms with van der Waals surface area (Å²) in [5, 5.41) is 10.8. The number of nitrogens with zero attached hydrogens (tertiary/aromatic N) is 1. The molecule has 1 unspecified atom stereocenters. The molecule has 0 aliphatic rings. The maximum absolute atomic E-state index is 9.58. The van der Waals surface area contributed by atoms with Crippen LogP contribution in [0.25, 0.3) is 10.9 Å². The number of ether oxygens (including phenoxy) is 1. The van der Waals surface area contributed by atoms with E-state index in [0.29, 0.717) is 17.3 Å². The molecule has 0 bridgehead atoms. The Hall–Kier alpha value is -1.32. The maximum Gasteiger partial charge on any atom is 0.135 e. The lowest BCUT2D eigenvalue weighted by atomic mass is 10.1. The van der Waals surface area contributed by atoms with Gasteiger partial charge in [0.05, 0.1) is 18.2 Å². The summed E-state index contributed by atoms with van der Waals surface area (Å²) in [6.45, 7) is 4.22. The first-order chi connectivity index (χ1) is 8.11. The molecule has 0 saturated carbocycles. The molecule has 0 fully saturated rings. The van der Waals surface area contributed by atoms with E-state index in [2.05, 4.69) is 4.98 Å². The van der Waals surface area contributed by atoms with Crippen LogP contribution >= 0.6 is 11.6 Å². The fourth-order valence-electron chi connectivity index (χ4n) is 1.70. The Bertz CT molecular complexity index is 540. The molecule has 0 saturated heterocycles. The van der Waals surface area contributed by atoms with E-state index < -0.39 is 6.10 Å². The first-order valence-corrected chi connectivity index (χ1v) is 5.90. The van der Waals surface area contributed by atoms with Crippen molar-refractivity contribution in [3.05, 3.63) is 35.0 Å². The van der Waals surface area contributed by atoms with Crippen molar-refractivity contribution >= 4 is 22.5 Å². The fraction of sp³-hybridized carbons (Fsp3) is 0.308. The van der Waals surface area contributed by atoms with Gasteiger partial charge in [0, 0.05) is 10.9 Å². The third-order valence-corrected chi connectivity index (χ3v) is 2.83. The normalized spacial score (nSPS) is 12.7. The molecular weight excluding hydrogens is 238 g/mol. The Morgan fingerprint density at radius 3 is 2.82 bits per heavy atom. The van der Waals surface area contributed by atoms with E-state index >= 15 is 0 Å². The highest BCUT2D eigenvalue weighted by Crippen LogP contribution is 2.27. The van der Waals surface area contributed by atoms with Gasteiger partial charge in [0.15, 0.2) is 0 Å². The number of aromatic nitrogens is 1. The third-order valence-electron chi connectivity index (χ3n) is 2.53. The van der Waals surface area contributed by atoms with Crippen molar-refractivity contribution in [2.75, 3.05) is 6.61 Å². The number of fused-ring (bicyclic) bond motifs is 1. The average molecular weight is 252 g/mol. The van der Waals surface area contributed by atoms with Crippen molar-refractivity contribution < 1.29 is 9.84 Å². The highest BCUT2D eigenvalue weighted by molar-refractivity contribution is 6.30. The van der Waals surface area contributed by atoms with Gasteiger partial charge in [-0.25, -0.2) is 4.98 Å². The Morgan fingerprint density at radius 1 is 1.41 bits per heavy atom. The van der Waals surface area contributed by atoms with Crippen LogP contribution in [-0.4, -0.2) is 16.7 Å². The molecule has 4 heteroatoms. The Balaban J connectivity index is 2.56. The van der Waals surface area contributed by atoms with Gasteiger partial charge in [-0.15, -0.1) is 0 Å². The van der Waals surface area contributed by atoms with Crippen LogP contribution in [0.2, 0.25) is 5.15 Å². The van der Waals surface area contributed by atoms with Crippen molar-refractivity contribution in [3.63, 3.8) is 0 Å². The van der Waals surface area contributed by atoms with Crippen LogP contribution < -0.4 is 4.74 Å². The van der Waals surface area contributed by atoms with Gasteiger partial charge in [-0.05, 0) is 38.1 Å². The number of aliphatic hydroxyl groups excluding tert-OH is 1. The fourth-order valence-corrected chi connectivity index (χ4v) is 2.00. The van der Waals surface area contributed by atoms with Gasteiger partial charge in [0.2, 0.25) is 0 Å². The van der Waals surface area contributed by atoms with Crippen LogP contribution in [0.15, 0.2) is 24.3 Å². The quantitative estimate of drug-likeness (QED) is 0.851. The molecule has 3 nitrogen and oxygen atoms in total. The van der Waals surface area contributed by atoms with E-state index in [4.69, 9.17) is 16.3 Å². The lowest BCUT2D eigenvalue weighted by molar-refractivity contribution is 0.199. The predicted octanol–water partition coefficient (Wildman–Crippen LogP) is 3.34. The maximum atomic E-state index is 9.58. The number of pyridine rings is 1. The molecule has 0 spiro atoms. The number of halogens is 1. The second-order valence-corrected chi connectivity index (χ2v) is 4.19. The average Bonchev–Trinajstić information content (AvgIpc) is 2.28. The minimum atomic E-state index is -0.629. The van der Waals surface area contributed by atoms with Crippen LogP contribution in [0.5, 0.6) is 5.75 Å². The van der Waals surface area contributed by atoms with Crippen LogP contribution in [0.1, 0.15) is 25.5 Å². The SMILES string of the molecule is CCOc1ccc2nc(Cl)c(C(C)O)cc2c1. The molecule has 2 aromatic rings. The Morgan fingerprint density at radius 2 is 2.18 bits per heavy atom. The Labute approximate surface area is 105 Å². The number of rotatable bonds is 3. The van der Waals surface area contributed by atoms with Crippen molar-refractivity contribution in [3.8, 4) is 5.75 Å². The molecule has 1 N–H and O–H groups in total. The van der Waals surface area contributed by atoms with Gasteiger partial charge in [-0.3, -0.25) is 0 Å². The highest BCUT2D eigenvalue weighted by Gasteiger charge is 2.10. The summed E-state index contributed by atoms with van der Waals surface area (Å²) in [5.74, 6) is 0.792. The molecule has 0 aliphatic heterocycles. The summed E-state index contributed by atoms with van der Waals surface area (Å²) in [6, 6.07) is 7.46. The second kappa shape index (κ2) is 4.90. The largest absolute Gasteiger partial charge is 0.494 e. The smallest absolute Gasteiger partial charge is 0.135 e. The zero-order valence-corrected chi connectivity index (χ0v) is 10.5. The van der Waals surface area contributed by atoms with Gasteiger partial charge in [-0.2, -0.15) is 0 Å². The summed E-state index contributed by atoms with van der Waals surface area (Å²) in [4.78, 5) is 4.25. The van der Waals surface area contributed by atoms with E-state index in [1.807, 2.05) is 31.2 Å². The van der Waals surface area contributed by atoms with Gasteiger partial charge in [-0.1, -0.05) is 11.6 Å². The molecule has 0 radical (unpaired) electrons. The van der Waals surface area contributed by atoms with Gasteiger partial charge >= 0.3 is 0 Å². The van der Waals surface area contributed by atoms with Crippen LogP contribution in [0, 0.1) is 0 Å². The first kappa shape index (κ1) is 12.1. The van der Waals surface area contributed by atoms with E-state index in [9.17, 15) is 5.11 Å². The minimum absolute atomic E-state index is 0.344. The molecule has 0 aliphatic carbocycles. The molecule has 17 heavy (non-hydrogen) atoms. The first-order valence-electron chi connectivity index (χ1n) is 5.53. The number of hydrogen-bond donors (Lipinski definition) is 1. The number of benzene rings is 1. The summed E-state index contributed by atoms with van der Waals surface area (Å²) < 4.78 is 5.42. The molecule has 1 aromatic heterocycles. The second-order valence-electron chi connectivity index (χ2n) is 3.83. The minimum Gasteiger partial charge on any atom is -0.494 e. The molecule has 1 aromatic carbocycles. The molecule has 2 rings (SSSR count). The monoisotopic (exact) mass is 251 g/mol. The molecular formula is C13H14ClNO2. The summed E-state index contributed by atoms with van der Waals surface area (Å²) in [5.41, 5.74) is 1.43. The highest BCUT2D eigenvalue weighted by atomic mass is 35.5. The number of hydrogen-bond acceptors (Lipinski definition) is 3. The van der Waals surface area contributed by atoms with E-state index in [0.717, 1.165) is 16.7 Å². The van der Waals surface area contributed by atoms with Crippen LogP contribution in [0.4, 0.5) is 0 Å². The summed E-state index contributed by atoms with van der Waals surface area (Å²) >= 11 is 6.00. The lowest BCUT2D eigenvalue weighted by Crippen LogP contribution is -1.96. The zero-order chi connectivity index (χ0) is 12.4. The van der Waals surface area contributed by atoms with Crippen molar-refractivity contribution in [1.29, 1.82) is 0 Å². The van der Waals surface area contributed by atoms with E-state index in [-0.39, 0.29) is 0 Å². The van der Waals surface area contributed by atoms with Gasteiger partial charge in [0.25, 0.3) is 0 Å². The molecule has 0 amide bonds. The van der Waals surface area contributed by atoms with Crippen molar-refractivity contribution in [1.82, 2.24) is 4.98 Å². The lowest BCUT2D eigenvalue weighted by Gasteiger charge is -2.09. The predicted molar refractivity (Wildman–Crippen MR) is 68.6 cm³/mol. The summed E-state index contributed by atoms with van der Waals surface area (Å²) in [7, 11) is 0. The van der Waals surface area contributed by atoms with E-state index in [1.165, 1.54) is 0 Å². The standard InChI is InChI=1S/C13H14ClNO2/c1-3-17-10-4-5-12-9(6-10)7-11(8(2)16)13(14)15-12/h4-8,16H,3H2,1-2H3. The molecule has 1 heterocycles. The van der Waals surface area contributed by atoms with E-state index in [1.54, 1.807) is 6.92 Å². The van der Waals surface area contributed by atoms with Gasteiger partial charge in [0.1, 0.15) is 10.9 Å². The Kier molecular flexibility index (Phi) is 3.50. The third kappa shape index (κ3) is 2.51. The van der Waals surface area contributed by atoms with Crippen LogP contribution in [-0.2, 0) is 0 Å². The number of aliphatic hydroxyl groups is 1. The van der Waals surface area contributed by atoms with Crippen LogP contribution in [0.3, 0.4) is 0 Å². The molecule has 90 valence electrons. The van der Waals surface area contributed by atoms with Crippen molar-refractivity contribution in [2.45, 2.75) is 20.0 Å². The van der Waals surface area contributed by atoms with Gasteiger partial charge < -0.3 is 9.84 Å². The summed E-state index contributed by atoms with van der Waals surface area (Å²) in [6.07, 6.45) is -0.629. The molecule has 1 atom stereocenters. The topological polar surface area (TPSA) is 42.4 Å². The van der Waals surface area contributed by atoms with Crippen molar-refractivity contribution in [2.24, 2.45) is 0 Å².